The van der Waals surface area contributed by atoms with Crippen molar-refractivity contribution < 1.29 is 4.11 Å². The quantitative estimate of drug-likeness (QED) is 0.584. The van der Waals surface area contributed by atoms with E-state index in [9.17, 15) is 0 Å². The lowest BCUT2D eigenvalue weighted by molar-refractivity contribution is 1.40. The molecule has 0 atom stereocenters. The van der Waals surface area contributed by atoms with Gasteiger partial charge in [0.05, 0.1) is 8.07 Å². The average molecular weight is 181 g/mol. The second-order valence-corrected chi connectivity index (χ2v) is 9.32. The smallest absolute Gasteiger partial charge is 0.0656 e. The van der Waals surface area contributed by atoms with E-state index in [2.05, 4.69) is 19.6 Å². The second kappa shape index (κ2) is 3.06. The fourth-order valence-corrected chi connectivity index (χ4v) is 3.34. The van der Waals surface area contributed by atoms with Gasteiger partial charge in [-0.1, -0.05) is 54.2 Å². The third kappa shape index (κ3) is 1.98. The van der Waals surface area contributed by atoms with Gasteiger partial charge in [-0.15, -0.1) is 0 Å². The Bertz CT molecular complexity index is 361. The molecule has 66 valence electrons. The average Bonchev–Trinajstić information content (AvgIpc) is 1.99. The summed E-state index contributed by atoms with van der Waals surface area (Å²) in [6.45, 7) is 6.82. The number of hydrogen-bond donors (Lipinski definition) is 0. The zero-order valence-corrected chi connectivity index (χ0v) is 9.23. The molecule has 1 rings (SSSR count). The van der Waals surface area contributed by atoms with Crippen molar-refractivity contribution in [2.24, 2.45) is 0 Å². The van der Waals surface area contributed by atoms with Crippen LogP contribution in [-0.2, 0) is 0 Å². The monoisotopic (exact) mass is 181 g/mol. The first-order valence-electron chi connectivity index (χ1n) is 5.74. The highest BCUT2D eigenvalue weighted by atomic mass is 28.3. The maximum absolute atomic E-state index is 7.34. The summed E-state index contributed by atoms with van der Waals surface area (Å²) in [6, 6.07) is 5.54. The van der Waals surface area contributed by atoms with Crippen molar-refractivity contribution in [3.63, 3.8) is 0 Å². The summed E-state index contributed by atoms with van der Waals surface area (Å²) in [6.07, 6.45) is 0. The van der Waals surface area contributed by atoms with Crippen LogP contribution in [0.1, 0.15) is 15.2 Å². The van der Waals surface area contributed by atoms with Crippen LogP contribution in [0, 0.1) is 13.8 Å². The van der Waals surface area contributed by atoms with Crippen LogP contribution in [0.25, 0.3) is 0 Å². The standard InChI is InChI=1S/C11H18Si/c1-9-6-7-11(10(2)8-9)12(3,4)5/h6-8H,1-5H3/i1D3. The second-order valence-electron chi connectivity index (χ2n) is 4.28. The van der Waals surface area contributed by atoms with Crippen LogP contribution < -0.4 is 5.19 Å². The molecule has 0 heterocycles. The zero-order chi connectivity index (χ0) is 11.9. The molecule has 1 heteroatoms. The molecular weight excluding hydrogens is 160 g/mol. The molecule has 0 aromatic heterocycles. The van der Waals surface area contributed by atoms with Crippen LogP contribution in [0.15, 0.2) is 18.2 Å². The first kappa shape index (κ1) is 5.98. The van der Waals surface area contributed by atoms with Crippen molar-refractivity contribution >= 4 is 13.3 Å². The van der Waals surface area contributed by atoms with Crippen LogP contribution in [0.2, 0.25) is 19.6 Å². The summed E-state index contributed by atoms with van der Waals surface area (Å²) in [5.74, 6) is 0. The molecule has 0 N–H and O–H groups in total. The zero-order valence-electron chi connectivity index (χ0n) is 11.2. The predicted molar refractivity (Wildman–Crippen MR) is 58.9 cm³/mol. The van der Waals surface area contributed by atoms with Gasteiger partial charge in [-0.3, -0.25) is 0 Å². The van der Waals surface area contributed by atoms with E-state index in [0.717, 1.165) is 5.56 Å². The van der Waals surface area contributed by atoms with E-state index in [1.807, 2.05) is 13.0 Å². The Kier molecular flexibility index (Phi) is 1.52. The maximum atomic E-state index is 7.34. The van der Waals surface area contributed by atoms with Gasteiger partial charge < -0.3 is 0 Å². The van der Waals surface area contributed by atoms with Gasteiger partial charge in [-0.2, -0.15) is 0 Å². The number of aryl methyl sites for hydroxylation is 2. The van der Waals surface area contributed by atoms with Crippen LogP contribution >= 0.6 is 0 Å². The largest absolute Gasteiger partial charge is 0.0779 e. The summed E-state index contributed by atoms with van der Waals surface area (Å²) in [5.41, 5.74) is 1.56. The van der Waals surface area contributed by atoms with Crippen molar-refractivity contribution in [3.05, 3.63) is 29.3 Å². The molecule has 0 fully saturated rings. The third-order valence-corrected chi connectivity index (χ3v) is 4.21. The van der Waals surface area contributed by atoms with E-state index >= 15 is 0 Å². The molecule has 0 saturated carbocycles. The molecule has 0 saturated heterocycles. The lowest BCUT2D eigenvalue weighted by Gasteiger charge is -2.19. The van der Waals surface area contributed by atoms with Gasteiger partial charge in [0.1, 0.15) is 0 Å². The van der Waals surface area contributed by atoms with Crippen molar-refractivity contribution in [3.8, 4) is 0 Å². The van der Waals surface area contributed by atoms with E-state index in [1.165, 1.54) is 5.19 Å². The van der Waals surface area contributed by atoms with Crippen molar-refractivity contribution in [2.45, 2.75) is 33.4 Å². The molecule has 1 aromatic carbocycles. The van der Waals surface area contributed by atoms with E-state index < -0.39 is 14.9 Å². The highest BCUT2D eigenvalue weighted by Crippen LogP contribution is 2.08. The summed E-state index contributed by atoms with van der Waals surface area (Å²) in [7, 11) is -1.34. The minimum Gasteiger partial charge on any atom is -0.0656 e. The highest BCUT2D eigenvalue weighted by Gasteiger charge is 2.17. The SMILES string of the molecule is [2H]C([2H])([2H])c1ccc([Si](C)(C)C)c(C)c1. The van der Waals surface area contributed by atoms with Gasteiger partial charge in [0.2, 0.25) is 0 Å². The number of benzene rings is 1. The molecule has 0 bridgehead atoms. The van der Waals surface area contributed by atoms with E-state index in [-0.39, 0.29) is 0 Å². The Morgan fingerprint density at radius 2 is 1.92 bits per heavy atom. The molecule has 0 aliphatic rings. The first-order chi connectivity index (χ1) is 6.62. The van der Waals surface area contributed by atoms with Gasteiger partial charge >= 0.3 is 0 Å². The molecule has 1 aromatic rings. The molecule has 0 amide bonds. The van der Waals surface area contributed by atoms with Gasteiger partial charge in [0, 0.05) is 4.11 Å². The van der Waals surface area contributed by atoms with Gasteiger partial charge in [0.15, 0.2) is 0 Å². The lowest BCUT2D eigenvalue weighted by Crippen LogP contribution is -2.39. The molecule has 0 aliphatic heterocycles. The molecule has 0 nitrogen and oxygen atoms in total. The topological polar surface area (TPSA) is 0 Å². The Morgan fingerprint density at radius 3 is 2.33 bits per heavy atom. The van der Waals surface area contributed by atoms with Crippen molar-refractivity contribution in [1.82, 2.24) is 0 Å². The number of hydrogen-bond acceptors (Lipinski definition) is 0. The minimum absolute atomic E-state index is 0.446. The lowest BCUT2D eigenvalue weighted by atomic mass is 10.2. The van der Waals surface area contributed by atoms with Crippen molar-refractivity contribution in [1.29, 1.82) is 0 Å². The fourth-order valence-electron chi connectivity index (χ4n) is 1.51. The summed E-state index contributed by atoms with van der Waals surface area (Å²) in [5, 5.41) is 1.34. The third-order valence-electron chi connectivity index (χ3n) is 2.03. The fraction of sp³-hybridized carbons (Fsp3) is 0.455. The predicted octanol–water partition coefficient (Wildman–Crippen LogP) is 2.85. The van der Waals surface area contributed by atoms with Crippen LogP contribution in [-0.4, -0.2) is 8.07 Å². The maximum Gasteiger partial charge on any atom is 0.0779 e. The summed E-state index contributed by atoms with van der Waals surface area (Å²) in [4.78, 5) is 0. The Morgan fingerprint density at radius 1 is 1.25 bits per heavy atom. The van der Waals surface area contributed by atoms with E-state index in [1.54, 1.807) is 12.1 Å². The van der Waals surface area contributed by atoms with Crippen LogP contribution in [0.4, 0.5) is 0 Å². The number of rotatable bonds is 1. The Balaban J connectivity index is 3.21. The molecule has 0 aliphatic carbocycles. The van der Waals surface area contributed by atoms with Gasteiger partial charge in [0.25, 0.3) is 0 Å². The van der Waals surface area contributed by atoms with Crippen molar-refractivity contribution in [2.75, 3.05) is 0 Å². The van der Waals surface area contributed by atoms with Crippen LogP contribution in [0.5, 0.6) is 0 Å². The van der Waals surface area contributed by atoms with E-state index in [4.69, 9.17) is 4.11 Å². The molecular formula is C11H18Si. The van der Waals surface area contributed by atoms with Gasteiger partial charge in [-0.25, -0.2) is 0 Å². The molecule has 0 radical (unpaired) electrons. The van der Waals surface area contributed by atoms with Gasteiger partial charge in [-0.05, 0) is 13.8 Å². The molecule has 12 heavy (non-hydrogen) atoms. The van der Waals surface area contributed by atoms with Crippen LogP contribution in [0.3, 0.4) is 0 Å². The minimum atomic E-state index is -1.98. The van der Waals surface area contributed by atoms with E-state index in [0.29, 0.717) is 5.56 Å². The highest BCUT2D eigenvalue weighted by molar-refractivity contribution is 6.89. The summed E-state index contributed by atoms with van der Waals surface area (Å²) < 4.78 is 22.0. The Labute approximate surface area is 80.9 Å². The molecule has 0 spiro atoms. The summed E-state index contributed by atoms with van der Waals surface area (Å²) >= 11 is 0. The first-order valence-corrected chi connectivity index (χ1v) is 7.74. The Hall–Kier alpha value is -0.563. The molecule has 0 unspecified atom stereocenters. The normalized spacial score (nSPS) is 16.5.